The van der Waals surface area contributed by atoms with Crippen LogP contribution in [0.5, 0.6) is 0 Å². The third-order valence-electron chi connectivity index (χ3n) is 4.55. The molecule has 4 rings (SSSR count). The number of aryl methyl sites for hydroxylation is 1. The number of fused-ring (bicyclic) bond motifs is 2. The predicted molar refractivity (Wildman–Crippen MR) is 108 cm³/mol. The quantitative estimate of drug-likeness (QED) is 0.414. The number of hydrogen-bond acceptors (Lipinski definition) is 6. The summed E-state index contributed by atoms with van der Waals surface area (Å²) in [6.45, 7) is 0. The molecule has 1 aromatic carbocycles. The molecule has 0 saturated heterocycles. The Kier molecular flexibility index (Phi) is 4.84. The van der Waals surface area contributed by atoms with E-state index in [9.17, 15) is 14.4 Å². The summed E-state index contributed by atoms with van der Waals surface area (Å²) in [6.07, 6.45) is 2.05. The number of Topliss-reactive ketones (excluding diaryl/α,β-unsaturated/α-hetero) is 1. The molecule has 0 radical (unpaired) electrons. The number of hydrogen-bond donors (Lipinski definition) is 1. The first kappa shape index (κ1) is 17.9. The Balaban J connectivity index is 1.53. The first-order valence-corrected chi connectivity index (χ1v) is 10.4. The van der Waals surface area contributed by atoms with Gasteiger partial charge in [0.05, 0.1) is 11.1 Å². The summed E-state index contributed by atoms with van der Waals surface area (Å²) in [7, 11) is 1.67. The molecular formula is C19H17N3O3S2. The fraction of sp³-hybridized carbons (Fsp3) is 0.263. The van der Waals surface area contributed by atoms with E-state index in [-0.39, 0.29) is 23.0 Å². The van der Waals surface area contributed by atoms with Gasteiger partial charge < -0.3 is 5.32 Å². The second-order valence-electron chi connectivity index (χ2n) is 6.38. The van der Waals surface area contributed by atoms with Crippen LogP contribution in [0.25, 0.3) is 10.2 Å². The topological polar surface area (TPSA) is 81.1 Å². The van der Waals surface area contributed by atoms with Crippen LogP contribution in [0, 0.1) is 0 Å². The molecule has 1 aliphatic rings. The van der Waals surface area contributed by atoms with Crippen molar-refractivity contribution in [1.29, 1.82) is 0 Å². The minimum atomic E-state index is -0.100. The predicted octanol–water partition coefficient (Wildman–Crippen LogP) is 3.24. The zero-order valence-corrected chi connectivity index (χ0v) is 16.3. The monoisotopic (exact) mass is 399 g/mol. The second-order valence-corrected chi connectivity index (χ2v) is 8.22. The van der Waals surface area contributed by atoms with Crippen molar-refractivity contribution in [2.75, 3.05) is 11.1 Å². The maximum Gasteiger partial charge on any atom is 0.262 e. The molecule has 0 spiro atoms. The van der Waals surface area contributed by atoms with Crippen molar-refractivity contribution in [2.45, 2.75) is 24.4 Å². The highest BCUT2D eigenvalue weighted by molar-refractivity contribution is 7.99. The summed E-state index contributed by atoms with van der Waals surface area (Å²) in [6, 6.07) is 7.16. The van der Waals surface area contributed by atoms with Crippen molar-refractivity contribution >= 4 is 50.7 Å². The van der Waals surface area contributed by atoms with Crippen LogP contribution in [0.1, 0.15) is 28.8 Å². The van der Waals surface area contributed by atoms with E-state index in [0.717, 1.165) is 24.1 Å². The SMILES string of the molecule is Cn1c(SCC(=O)c2ccc3c(c2)CCCC(=O)N3)nc2sccc2c1=O. The number of rotatable bonds is 4. The smallest absolute Gasteiger partial charge is 0.262 e. The van der Waals surface area contributed by atoms with Gasteiger partial charge >= 0.3 is 0 Å². The molecule has 1 N–H and O–H groups in total. The average Bonchev–Trinajstić information content (AvgIpc) is 3.04. The van der Waals surface area contributed by atoms with Crippen LogP contribution in [0.3, 0.4) is 0 Å². The molecule has 2 aromatic heterocycles. The van der Waals surface area contributed by atoms with Crippen molar-refractivity contribution in [2.24, 2.45) is 7.05 Å². The van der Waals surface area contributed by atoms with E-state index in [1.807, 2.05) is 11.4 Å². The molecule has 0 fully saturated rings. The van der Waals surface area contributed by atoms with Crippen molar-refractivity contribution < 1.29 is 9.59 Å². The Morgan fingerprint density at radius 3 is 3.00 bits per heavy atom. The summed E-state index contributed by atoms with van der Waals surface area (Å²) in [5.41, 5.74) is 2.28. The Bertz CT molecular complexity index is 1120. The number of aromatic nitrogens is 2. The van der Waals surface area contributed by atoms with Gasteiger partial charge in [-0.25, -0.2) is 4.98 Å². The number of thiophene rings is 1. The molecular weight excluding hydrogens is 382 g/mol. The zero-order chi connectivity index (χ0) is 19.0. The van der Waals surface area contributed by atoms with Gasteiger partial charge in [0.2, 0.25) is 5.91 Å². The molecule has 27 heavy (non-hydrogen) atoms. The number of anilines is 1. The van der Waals surface area contributed by atoms with Gasteiger partial charge in [-0.1, -0.05) is 11.8 Å². The van der Waals surface area contributed by atoms with Crippen LogP contribution in [0.4, 0.5) is 5.69 Å². The van der Waals surface area contributed by atoms with Gasteiger partial charge in [0.15, 0.2) is 10.9 Å². The molecule has 8 heteroatoms. The molecule has 0 aliphatic carbocycles. The van der Waals surface area contributed by atoms with E-state index in [4.69, 9.17) is 0 Å². The number of benzene rings is 1. The maximum absolute atomic E-state index is 12.6. The minimum Gasteiger partial charge on any atom is -0.326 e. The van der Waals surface area contributed by atoms with Crippen molar-refractivity contribution in [3.63, 3.8) is 0 Å². The molecule has 0 unspecified atom stereocenters. The summed E-state index contributed by atoms with van der Waals surface area (Å²) >= 11 is 2.68. The lowest BCUT2D eigenvalue weighted by atomic mass is 10.0. The van der Waals surface area contributed by atoms with Gasteiger partial charge in [0, 0.05) is 24.7 Å². The van der Waals surface area contributed by atoms with Gasteiger partial charge in [-0.15, -0.1) is 11.3 Å². The number of thioether (sulfide) groups is 1. The highest BCUT2D eigenvalue weighted by atomic mass is 32.2. The summed E-state index contributed by atoms with van der Waals surface area (Å²) in [5, 5.41) is 5.85. The summed E-state index contributed by atoms with van der Waals surface area (Å²) < 4.78 is 1.49. The lowest BCUT2D eigenvalue weighted by Crippen LogP contribution is -2.19. The lowest BCUT2D eigenvalue weighted by Gasteiger charge is -2.09. The van der Waals surface area contributed by atoms with E-state index in [2.05, 4.69) is 10.3 Å². The normalized spacial score (nSPS) is 13.9. The number of carbonyl (C=O) groups excluding carboxylic acids is 2. The number of ketones is 1. The average molecular weight is 399 g/mol. The standard InChI is InChI=1S/C19H17N3O3S2/c1-22-18(25)13-7-8-26-17(13)21-19(22)27-10-15(23)12-5-6-14-11(9-12)3-2-4-16(24)20-14/h5-9H,2-4,10H2,1H3,(H,20,24). The first-order chi connectivity index (χ1) is 13.0. The van der Waals surface area contributed by atoms with Crippen LogP contribution >= 0.6 is 23.1 Å². The van der Waals surface area contributed by atoms with Gasteiger partial charge in [-0.05, 0) is 48.1 Å². The Hall–Kier alpha value is -2.45. The summed E-state index contributed by atoms with van der Waals surface area (Å²) in [5.74, 6) is 0.181. The van der Waals surface area contributed by atoms with Crippen molar-refractivity contribution in [3.05, 3.63) is 51.1 Å². The second kappa shape index (κ2) is 7.28. The maximum atomic E-state index is 12.6. The number of amides is 1. The van der Waals surface area contributed by atoms with Crippen molar-refractivity contribution in [1.82, 2.24) is 9.55 Å². The van der Waals surface area contributed by atoms with Crippen LogP contribution in [-0.4, -0.2) is 27.0 Å². The van der Waals surface area contributed by atoms with Gasteiger partial charge in [0.25, 0.3) is 5.56 Å². The summed E-state index contributed by atoms with van der Waals surface area (Å²) in [4.78, 5) is 41.8. The molecule has 3 heterocycles. The molecule has 0 bridgehead atoms. The largest absolute Gasteiger partial charge is 0.326 e. The van der Waals surface area contributed by atoms with Gasteiger partial charge in [0.1, 0.15) is 4.83 Å². The van der Waals surface area contributed by atoms with Gasteiger partial charge in [-0.3, -0.25) is 19.0 Å². The molecule has 0 saturated carbocycles. The molecule has 1 aliphatic heterocycles. The van der Waals surface area contributed by atoms with Crippen molar-refractivity contribution in [3.8, 4) is 0 Å². The van der Waals surface area contributed by atoms with Crippen LogP contribution in [0.2, 0.25) is 0 Å². The lowest BCUT2D eigenvalue weighted by molar-refractivity contribution is -0.116. The molecule has 0 atom stereocenters. The minimum absolute atomic E-state index is 0.0133. The third kappa shape index (κ3) is 3.54. The van der Waals surface area contributed by atoms with E-state index in [0.29, 0.717) is 27.4 Å². The fourth-order valence-corrected chi connectivity index (χ4v) is 4.74. The highest BCUT2D eigenvalue weighted by Crippen LogP contribution is 2.25. The van der Waals surface area contributed by atoms with E-state index in [1.165, 1.54) is 27.7 Å². The molecule has 1 amide bonds. The Labute approximate surface area is 163 Å². The third-order valence-corrected chi connectivity index (χ3v) is 6.38. The van der Waals surface area contributed by atoms with E-state index in [1.54, 1.807) is 25.2 Å². The van der Waals surface area contributed by atoms with E-state index < -0.39 is 0 Å². The Morgan fingerprint density at radius 1 is 1.30 bits per heavy atom. The van der Waals surface area contributed by atoms with Crippen LogP contribution < -0.4 is 10.9 Å². The zero-order valence-electron chi connectivity index (χ0n) is 14.7. The molecule has 138 valence electrons. The highest BCUT2D eigenvalue weighted by Gasteiger charge is 2.16. The van der Waals surface area contributed by atoms with E-state index >= 15 is 0 Å². The van der Waals surface area contributed by atoms with Crippen LogP contribution in [-0.2, 0) is 18.3 Å². The first-order valence-electron chi connectivity index (χ1n) is 8.56. The number of nitrogens with zero attached hydrogens (tertiary/aromatic N) is 2. The molecule has 3 aromatic rings. The number of nitrogens with one attached hydrogen (secondary N) is 1. The fourth-order valence-electron chi connectivity index (χ4n) is 3.07. The number of carbonyl (C=O) groups is 2. The van der Waals surface area contributed by atoms with Gasteiger partial charge in [-0.2, -0.15) is 0 Å². The Morgan fingerprint density at radius 2 is 2.15 bits per heavy atom. The molecule has 6 nitrogen and oxygen atoms in total. The van der Waals surface area contributed by atoms with Crippen LogP contribution in [0.15, 0.2) is 39.6 Å².